The number of nitrogens with one attached hydrogen (secondary N) is 1. The van der Waals surface area contributed by atoms with Gasteiger partial charge in [0.15, 0.2) is 6.10 Å². The summed E-state index contributed by atoms with van der Waals surface area (Å²) in [6.45, 7) is 10.1. The molecular formula is C31H45N3O5. The normalized spacial score (nSPS) is 17.7. The molecule has 8 nitrogen and oxygen atoms in total. The minimum Gasteiger partial charge on any atom is -0.493 e. The van der Waals surface area contributed by atoms with Crippen LogP contribution in [0.4, 0.5) is 0 Å². The maximum atomic E-state index is 13.7. The Kier molecular flexibility index (Phi) is 11.8. The lowest BCUT2D eigenvalue weighted by Gasteiger charge is -2.33. The molecule has 1 N–H and O–H groups in total. The van der Waals surface area contributed by atoms with E-state index in [0.717, 1.165) is 36.4 Å². The average Bonchev–Trinajstić information content (AvgIpc) is 3.37. The zero-order chi connectivity index (χ0) is 28.4. The molecule has 2 amide bonds. The first kappa shape index (κ1) is 30.6. The van der Waals surface area contributed by atoms with E-state index in [1.165, 1.54) is 0 Å². The SMILES string of the molecule is COCCCOc1cc(C(=O)N(CC2CNCC2CN(C)C(=O)C(OC)c2ccccc2)C(C)C)ccc1C. The third-order valence-corrected chi connectivity index (χ3v) is 7.43. The highest BCUT2D eigenvalue weighted by Crippen LogP contribution is 2.26. The van der Waals surface area contributed by atoms with Gasteiger partial charge in [0.25, 0.3) is 11.8 Å². The van der Waals surface area contributed by atoms with Crippen molar-refractivity contribution >= 4 is 11.8 Å². The summed E-state index contributed by atoms with van der Waals surface area (Å²) in [5, 5.41) is 3.48. The topological polar surface area (TPSA) is 80.3 Å². The van der Waals surface area contributed by atoms with E-state index in [4.69, 9.17) is 14.2 Å². The molecule has 3 rings (SSSR count). The van der Waals surface area contributed by atoms with Crippen LogP contribution in [0.15, 0.2) is 48.5 Å². The van der Waals surface area contributed by atoms with Gasteiger partial charge >= 0.3 is 0 Å². The molecule has 0 aromatic heterocycles. The van der Waals surface area contributed by atoms with Crippen LogP contribution >= 0.6 is 0 Å². The van der Waals surface area contributed by atoms with Crippen molar-refractivity contribution in [2.24, 2.45) is 11.8 Å². The van der Waals surface area contributed by atoms with Crippen LogP contribution in [0.2, 0.25) is 0 Å². The van der Waals surface area contributed by atoms with Gasteiger partial charge in [-0.1, -0.05) is 36.4 Å². The first-order valence-corrected chi connectivity index (χ1v) is 13.8. The number of amides is 2. The van der Waals surface area contributed by atoms with Gasteiger partial charge in [0, 0.05) is 72.1 Å². The average molecular weight is 540 g/mol. The molecule has 2 aromatic carbocycles. The molecule has 0 saturated carbocycles. The van der Waals surface area contributed by atoms with Gasteiger partial charge in [0.1, 0.15) is 5.75 Å². The summed E-state index contributed by atoms with van der Waals surface area (Å²) in [4.78, 5) is 30.6. The minimum atomic E-state index is -0.634. The molecular weight excluding hydrogens is 494 g/mol. The van der Waals surface area contributed by atoms with Crippen LogP contribution in [-0.4, -0.2) is 88.3 Å². The molecule has 1 fully saturated rings. The van der Waals surface area contributed by atoms with Crippen molar-refractivity contribution in [3.8, 4) is 5.75 Å². The molecule has 1 aliphatic heterocycles. The lowest BCUT2D eigenvalue weighted by molar-refractivity contribution is -0.141. The van der Waals surface area contributed by atoms with Crippen molar-refractivity contribution in [1.29, 1.82) is 0 Å². The molecule has 1 saturated heterocycles. The van der Waals surface area contributed by atoms with Crippen molar-refractivity contribution in [2.45, 2.75) is 39.3 Å². The Bertz CT molecular complexity index is 1060. The van der Waals surface area contributed by atoms with E-state index in [1.807, 2.05) is 81.2 Å². The van der Waals surface area contributed by atoms with Gasteiger partial charge < -0.3 is 29.3 Å². The Morgan fingerprint density at radius 2 is 1.69 bits per heavy atom. The summed E-state index contributed by atoms with van der Waals surface area (Å²) in [5.41, 5.74) is 2.46. The molecule has 1 aliphatic rings. The zero-order valence-electron chi connectivity index (χ0n) is 24.3. The zero-order valence-corrected chi connectivity index (χ0v) is 24.3. The largest absolute Gasteiger partial charge is 0.493 e. The van der Waals surface area contributed by atoms with Crippen LogP contribution in [0.5, 0.6) is 5.75 Å². The molecule has 2 aromatic rings. The van der Waals surface area contributed by atoms with Crippen LogP contribution in [-0.2, 0) is 14.3 Å². The fourth-order valence-corrected chi connectivity index (χ4v) is 5.08. The van der Waals surface area contributed by atoms with E-state index in [-0.39, 0.29) is 29.7 Å². The number of carbonyl (C=O) groups is 2. The second-order valence-corrected chi connectivity index (χ2v) is 10.6. The lowest BCUT2D eigenvalue weighted by atomic mass is 9.93. The maximum absolute atomic E-state index is 13.7. The van der Waals surface area contributed by atoms with Crippen LogP contribution in [0, 0.1) is 18.8 Å². The molecule has 0 spiro atoms. The van der Waals surface area contributed by atoms with Gasteiger partial charge in [0.2, 0.25) is 0 Å². The van der Waals surface area contributed by atoms with Gasteiger partial charge in [-0.15, -0.1) is 0 Å². The number of carbonyl (C=O) groups excluding carboxylic acids is 2. The Morgan fingerprint density at radius 3 is 2.33 bits per heavy atom. The predicted molar refractivity (Wildman–Crippen MR) is 153 cm³/mol. The fraction of sp³-hybridized carbons (Fsp3) is 0.548. The van der Waals surface area contributed by atoms with Gasteiger partial charge in [-0.3, -0.25) is 9.59 Å². The molecule has 0 aliphatic carbocycles. The molecule has 1 heterocycles. The third-order valence-electron chi connectivity index (χ3n) is 7.43. The molecule has 39 heavy (non-hydrogen) atoms. The summed E-state index contributed by atoms with van der Waals surface area (Å²) >= 11 is 0. The van der Waals surface area contributed by atoms with E-state index in [2.05, 4.69) is 5.32 Å². The number of ether oxygens (including phenoxy) is 3. The number of aryl methyl sites for hydroxylation is 1. The lowest BCUT2D eigenvalue weighted by Crippen LogP contribution is -2.44. The quantitative estimate of drug-likeness (QED) is 0.367. The number of likely N-dealkylation sites (N-methyl/N-ethyl adjacent to an activating group) is 1. The summed E-state index contributed by atoms with van der Waals surface area (Å²) in [7, 11) is 5.07. The van der Waals surface area contributed by atoms with Gasteiger partial charge in [-0.2, -0.15) is 0 Å². The van der Waals surface area contributed by atoms with E-state index in [1.54, 1.807) is 19.1 Å². The molecule has 0 radical (unpaired) electrons. The highest BCUT2D eigenvalue weighted by atomic mass is 16.5. The van der Waals surface area contributed by atoms with Gasteiger partial charge in [-0.25, -0.2) is 0 Å². The van der Waals surface area contributed by atoms with Gasteiger partial charge in [0.05, 0.1) is 6.61 Å². The minimum absolute atomic E-state index is 0.00894. The number of nitrogens with zero attached hydrogens (tertiary/aromatic N) is 2. The first-order chi connectivity index (χ1) is 18.8. The van der Waals surface area contributed by atoms with E-state index in [0.29, 0.717) is 31.9 Å². The Balaban J connectivity index is 1.67. The second-order valence-electron chi connectivity index (χ2n) is 10.6. The smallest absolute Gasteiger partial charge is 0.256 e. The number of hydrogen-bond donors (Lipinski definition) is 1. The molecule has 3 unspecified atom stereocenters. The van der Waals surface area contributed by atoms with Crippen molar-refractivity contribution in [1.82, 2.24) is 15.1 Å². The standard InChI is InChI=1S/C31H45N3O5/c1-22(2)34(30(35)25-14-13-23(3)28(17-25)39-16-10-15-37-5)21-27-19-32-18-26(27)20-33(4)31(36)29(38-6)24-11-8-7-9-12-24/h7-9,11-14,17,22,26-27,29,32H,10,15-16,18-21H2,1-6H3. The fourth-order valence-electron chi connectivity index (χ4n) is 5.08. The van der Waals surface area contributed by atoms with Crippen molar-refractivity contribution < 1.29 is 23.8 Å². The van der Waals surface area contributed by atoms with E-state index < -0.39 is 6.10 Å². The molecule has 0 bridgehead atoms. The molecule has 8 heteroatoms. The van der Waals surface area contributed by atoms with Crippen molar-refractivity contribution in [2.75, 3.05) is 60.7 Å². The van der Waals surface area contributed by atoms with Crippen LogP contribution in [0.3, 0.4) is 0 Å². The predicted octanol–water partition coefficient (Wildman–Crippen LogP) is 3.94. The van der Waals surface area contributed by atoms with Gasteiger partial charge in [-0.05, 0) is 55.9 Å². The van der Waals surface area contributed by atoms with Crippen LogP contribution in [0.1, 0.15) is 47.9 Å². The van der Waals surface area contributed by atoms with E-state index >= 15 is 0 Å². The highest BCUT2D eigenvalue weighted by Gasteiger charge is 2.34. The molecule has 214 valence electrons. The number of hydrogen-bond acceptors (Lipinski definition) is 6. The Morgan fingerprint density at radius 1 is 1.00 bits per heavy atom. The monoisotopic (exact) mass is 539 g/mol. The number of methoxy groups -OCH3 is 2. The Labute approximate surface area is 233 Å². The summed E-state index contributed by atoms with van der Waals surface area (Å²) in [5.74, 6) is 1.10. The number of rotatable bonds is 14. The summed E-state index contributed by atoms with van der Waals surface area (Å²) < 4.78 is 16.6. The summed E-state index contributed by atoms with van der Waals surface area (Å²) in [6, 6.07) is 15.3. The first-order valence-electron chi connectivity index (χ1n) is 13.8. The molecule has 3 atom stereocenters. The number of benzene rings is 2. The van der Waals surface area contributed by atoms with Crippen LogP contribution in [0.25, 0.3) is 0 Å². The Hall–Kier alpha value is -2.94. The van der Waals surface area contributed by atoms with Crippen molar-refractivity contribution in [3.63, 3.8) is 0 Å². The van der Waals surface area contributed by atoms with E-state index in [9.17, 15) is 9.59 Å². The summed E-state index contributed by atoms with van der Waals surface area (Å²) in [6.07, 6.45) is 0.153. The highest BCUT2D eigenvalue weighted by molar-refractivity contribution is 5.95. The second kappa shape index (κ2) is 15.0. The van der Waals surface area contributed by atoms with Crippen LogP contribution < -0.4 is 10.1 Å². The third kappa shape index (κ3) is 8.27. The maximum Gasteiger partial charge on any atom is 0.256 e. The van der Waals surface area contributed by atoms with Crippen molar-refractivity contribution in [3.05, 3.63) is 65.2 Å².